The smallest absolute Gasteiger partial charge is 0.229 e. The monoisotopic (exact) mass is 314 g/mol. The normalized spacial score (nSPS) is 14.0. The van der Waals surface area contributed by atoms with Gasteiger partial charge in [-0.05, 0) is 36.5 Å². The Labute approximate surface area is 127 Å². The fourth-order valence-corrected chi connectivity index (χ4v) is 2.56. The Morgan fingerprint density at radius 3 is 2.29 bits per heavy atom. The van der Waals surface area contributed by atoms with Crippen LogP contribution in [0, 0.1) is 5.41 Å². The van der Waals surface area contributed by atoms with E-state index in [1.54, 1.807) is 12.1 Å². The first-order valence-corrected chi connectivity index (χ1v) is 8.94. The van der Waals surface area contributed by atoms with Crippen LogP contribution in [0.4, 0.5) is 5.69 Å². The summed E-state index contributed by atoms with van der Waals surface area (Å²) in [5.74, 6) is 0. The van der Waals surface area contributed by atoms with E-state index in [2.05, 4.69) is 30.8 Å². The third-order valence-corrected chi connectivity index (χ3v) is 4.00. The average Bonchev–Trinajstić information content (AvgIpc) is 2.35. The second kappa shape index (κ2) is 7.24. The van der Waals surface area contributed by atoms with Crippen LogP contribution in [0.15, 0.2) is 24.3 Å². The molecule has 0 aliphatic carbocycles. The molecule has 120 valence electrons. The van der Waals surface area contributed by atoms with Gasteiger partial charge in [0.1, 0.15) is 0 Å². The van der Waals surface area contributed by atoms with Crippen molar-refractivity contribution in [1.82, 2.24) is 5.32 Å². The number of aliphatic hydroxyl groups is 1. The fourth-order valence-electron chi connectivity index (χ4n) is 1.99. The molecule has 1 rings (SSSR count). The predicted octanol–water partition coefficient (Wildman–Crippen LogP) is 2.12. The Kier molecular flexibility index (Phi) is 6.19. The third-order valence-electron chi connectivity index (χ3n) is 3.39. The van der Waals surface area contributed by atoms with Crippen molar-refractivity contribution in [2.45, 2.75) is 33.2 Å². The summed E-state index contributed by atoms with van der Waals surface area (Å²) in [7, 11) is -3.24. The summed E-state index contributed by atoms with van der Waals surface area (Å²) in [6, 6.07) is 7.49. The summed E-state index contributed by atoms with van der Waals surface area (Å²) in [5, 5.41) is 12.5. The van der Waals surface area contributed by atoms with E-state index in [0.29, 0.717) is 5.69 Å². The minimum Gasteiger partial charge on any atom is -0.396 e. The second-order valence-electron chi connectivity index (χ2n) is 6.24. The molecule has 1 atom stereocenters. The van der Waals surface area contributed by atoms with Gasteiger partial charge >= 0.3 is 0 Å². The van der Waals surface area contributed by atoms with Crippen molar-refractivity contribution >= 4 is 15.7 Å². The van der Waals surface area contributed by atoms with Crippen molar-refractivity contribution in [3.63, 3.8) is 0 Å². The Morgan fingerprint density at radius 2 is 1.81 bits per heavy atom. The molecule has 1 aromatic rings. The number of hydrogen-bond acceptors (Lipinski definition) is 4. The molecule has 0 amide bonds. The molecule has 21 heavy (non-hydrogen) atoms. The van der Waals surface area contributed by atoms with Crippen LogP contribution >= 0.6 is 0 Å². The van der Waals surface area contributed by atoms with Gasteiger partial charge in [-0.25, -0.2) is 8.42 Å². The van der Waals surface area contributed by atoms with E-state index in [1.165, 1.54) is 0 Å². The summed E-state index contributed by atoms with van der Waals surface area (Å²) in [6.45, 7) is 7.28. The number of hydrogen-bond donors (Lipinski definition) is 3. The van der Waals surface area contributed by atoms with Gasteiger partial charge in [-0.2, -0.15) is 0 Å². The lowest BCUT2D eigenvalue weighted by atomic mass is 9.89. The molecular formula is C15H26N2O3S. The number of aliphatic hydroxyl groups excluding tert-OH is 1. The van der Waals surface area contributed by atoms with Gasteiger partial charge in [-0.3, -0.25) is 4.72 Å². The molecule has 5 nitrogen and oxygen atoms in total. The van der Waals surface area contributed by atoms with Gasteiger partial charge in [0.15, 0.2) is 0 Å². The van der Waals surface area contributed by atoms with Crippen molar-refractivity contribution in [2.24, 2.45) is 5.41 Å². The lowest BCUT2D eigenvalue weighted by Crippen LogP contribution is -2.32. The zero-order valence-corrected chi connectivity index (χ0v) is 14.0. The first kappa shape index (κ1) is 17.9. The van der Waals surface area contributed by atoms with Crippen molar-refractivity contribution in [2.75, 3.05) is 24.1 Å². The predicted molar refractivity (Wildman–Crippen MR) is 86.8 cm³/mol. The molecule has 1 aromatic carbocycles. The van der Waals surface area contributed by atoms with Crippen molar-refractivity contribution in [3.05, 3.63) is 29.8 Å². The van der Waals surface area contributed by atoms with E-state index >= 15 is 0 Å². The molecule has 0 saturated carbocycles. The first-order chi connectivity index (χ1) is 9.63. The van der Waals surface area contributed by atoms with Crippen LogP contribution in [0.2, 0.25) is 0 Å². The molecule has 1 unspecified atom stereocenters. The molecule has 0 aliphatic heterocycles. The van der Waals surface area contributed by atoms with E-state index in [0.717, 1.165) is 24.8 Å². The van der Waals surface area contributed by atoms with Crippen LogP contribution in [0.3, 0.4) is 0 Å². The zero-order chi connectivity index (χ0) is 16.1. The molecule has 6 heteroatoms. The highest BCUT2D eigenvalue weighted by molar-refractivity contribution is 7.92. The van der Waals surface area contributed by atoms with Gasteiger partial charge in [0, 0.05) is 24.9 Å². The Morgan fingerprint density at radius 1 is 1.24 bits per heavy atom. The maximum absolute atomic E-state index is 11.1. The minimum absolute atomic E-state index is 0.0425. The van der Waals surface area contributed by atoms with E-state index < -0.39 is 10.0 Å². The highest BCUT2D eigenvalue weighted by atomic mass is 32.2. The number of benzene rings is 1. The van der Waals surface area contributed by atoms with Gasteiger partial charge < -0.3 is 10.4 Å². The van der Waals surface area contributed by atoms with Crippen LogP contribution in [0.5, 0.6) is 0 Å². The molecule has 0 aromatic heterocycles. The lowest BCUT2D eigenvalue weighted by Gasteiger charge is -2.26. The highest BCUT2D eigenvalue weighted by Crippen LogP contribution is 2.21. The van der Waals surface area contributed by atoms with Crippen LogP contribution in [0.25, 0.3) is 0 Å². The molecule has 0 spiro atoms. The van der Waals surface area contributed by atoms with E-state index in [-0.39, 0.29) is 18.1 Å². The van der Waals surface area contributed by atoms with Gasteiger partial charge in [0.25, 0.3) is 0 Å². The molecule has 0 bridgehead atoms. The van der Waals surface area contributed by atoms with E-state index in [1.807, 2.05) is 12.1 Å². The van der Waals surface area contributed by atoms with Crippen LogP contribution < -0.4 is 10.0 Å². The summed E-state index contributed by atoms with van der Waals surface area (Å²) in [5.41, 5.74) is 1.70. The van der Waals surface area contributed by atoms with E-state index in [9.17, 15) is 8.42 Å². The quantitative estimate of drug-likeness (QED) is 0.687. The minimum atomic E-state index is -3.24. The maximum atomic E-state index is 11.1. The SMILES string of the molecule is CC(NCC(C)(C)CCO)c1ccc(NS(C)(=O)=O)cc1. The summed E-state index contributed by atoms with van der Waals surface area (Å²) in [4.78, 5) is 0. The summed E-state index contributed by atoms with van der Waals surface area (Å²) < 4.78 is 24.7. The molecule has 0 aliphatic rings. The standard InChI is InChI=1S/C15H26N2O3S/c1-12(16-11-15(2,3)9-10-18)13-5-7-14(8-6-13)17-21(4,19)20/h5-8,12,16-18H,9-11H2,1-4H3. The number of rotatable bonds is 8. The number of nitrogens with one attached hydrogen (secondary N) is 2. The second-order valence-corrected chi connectivity index (χ2v) is 7.99. The third kappa shape index (κ3) is 6.93. The van der Waals surface area contributed by atoms with Crippen LogP contribution in [-0.4, -0.2) is 32.9 Å². The van der Waals surface area contributed by atoms with Gasteiger partial charge in [0.05, 0.1) is 6.26 Å². The topological polar surface area (TPSA) is 78.4 Å². The summed E-state index contributed by atoms with van der Waals surface area (Å²) in [6.07, 6.45) is 1.89. The van der Waals surface area contributed by atoms with Crippen LogP contribution in [0.1, 0.15) is 38.8 Å². The first-order valence-electron chi connectivity index (χ1n) is 7.05. The average molecular weight is 314 g/mol. The Hall–Kier alpha value is -1.11. The van der Waals surface area contributed by atoms with Crippen molar-refractivity contribution < 1.29 is 13.5 Å². The molecule has 0 saturated heterocycles. The Bertz CT molecular complexity index is 539. The largest absolute Gasteiger partial charge is 0.396 e. The maximum Gasteiger partial charge on any atom is 0.229 e. The van der Waals surface area contributed by atoms with Gasteiger partial charge in [-0.15, -0.1) is 0 Å². The van der Waals surface area contributed by atoms with Crippen LogP contribution in [-0.2, 0) is 10.0 Å². The molecule has 0 heterocycles. The number of anilines is 1. The van der Waals surface area contributed by atoms with E-state index in [4.69, 9.17) is 5.11 Å². The molecule has 0 radical (unpaired) electrons. The number of sulfonamides is 1. The van der Waals surface area contributed by atoms with Crippen molar-refractivity contribution in [3.8, 4) is 0 Å². The Balaban J connectivity index is 2.61. The fraction of sp³-hybridized carbons (Fsp3) is 0.600. The molecule has 0 fully saturated rings. The zero-order valence-electron chi connectivity index (χ0n) is 13.2. The molecule has 3 N–H and O–H groups in total. The van der Waals surface area contributed by atoms with Gasteiger partial charge in [0.2, 0.25) is 10.0 Å². The van der Waals surface area contributed by atoms with Crippen molar-refractivity contribution in [1.29, 1.82) is 0 Å². The summed E-state index contributed by atoms with van der Waals surface area (Å²) >= 11 is 0. The lowest BCUT2D eigenvalue weighted by molar-refractivity contribution is 0.204. The van der Waals surface area contributed by atoms with Gasteiger partial charge in [-0.1, -0.05) is 26.0 Å². The highest BCUT2D eigenvalue weighted by Gasteiger charge is 2.18. The molecular weight excluding hydrogens is 288 g/mol.